The molecule has 2 atom stereocenters. The Morgan fingerprint density at radius 2 is 2.10 bits per heavy atom. The molecule has 0 spiro atoms. The number of anilines is 1. The van der Waals surface area contributed by atoms with Crippen molar-refractivity contribution >= 4 is 17.0 Å². The minimum atomic E-state index is -0.0218. The number of aromatic nitrogens is 3. The molecule has 3 saturated heterocycles. The van der Waals surface area contributed by atoms with Crippen LogP contribution in [0.1, 0.15) is 12.8 Å². The first kappa shape index (κ1) is 12.0. The topological polar surface area (TPSA) is 55.1 Å². The number of pyridine rings is 1. The maximum Gasteiger partial charge on any atom is 0.329 e. The van der Waals surface area contributed by atoms with E-state index in [1.807, 2.05) is 12.1 Å². The van der Waals surface area contributed by atoms with E-state index < -0.39 is 0 Å². The Kier molecular flexibility index (Phi) is 2.44. The van der Waals surface area contributed by atoms with Crippen molar-refractivity contribution in [3.05, 3.63) is 22.6 Å². The van der Waals surface area contributed by atoms with Gasteiger partial charge in [-0.3, -0.25) is 9.13 Å². The minimum absolute atomic E-state index is 0.0218. The first-order chi connectivity index (χ1) is 9.65. The summed E-state index contributed by atoms with van der Waals surface area (Å²) in [5, 5.41) is 3.55. The van der Waals surface area contributed by atoms with Crippen LogP contribution in [0.4, 0.5) is 5.82 Å². The van der Waals surface area contributed by atoms with Crippen LogP contribution in [0.3, 0.4) is 0 Å². The van der Waals surface area contributed by atoms with E-state index in [0.29, 0.717) is 12.1 Å². The molecule has 3 fully saturated rings. The van der Waals surface area contributed by atoms with Crippen molar-refractivity contribution in [1.82, 2.24) is 19.4 Å². The van der Waals surface area contributed by atoms with Gasteiger partial charge in [0.2, 0.25) is 0 Å². The number of nitrogens with zero attached hydrogens (tertiary/aromatic N) is 4. The van der Waals surface area contributed by atoms with Crippen LogP contribution >= 0.6 is 0 Å². The first-order valence-corrected chi connectivity index (χ1v) is 7.17. The lowest BCUT2D eigenvalue weighted by Gasteiger charge is -2.46. The number of piperidine rings is 2. The SMILES string of the molecule is Cn1c(=O)n(C)c2nc(N3CC4CCC3CN4)ccc21. The standard InChI is InChI=1S/C14H19N5O/c1-17-11-5-6-12(16-13(11)18(2)14(17)20)19-8-9-3-4-10(19)7-15-9/h5-6,9-10,15H,3-4,7-8H2,1-2H3. The number of nitrogens with one attached hydrogen (secondary N) is 1. The molecule has 0 amide bonds. The van der Waals surface area contributed by atoms with Crippen molar-refractivity contribution in [3.8, 4) is 0 Å². The van der Waals surface area contributed by atoms with E-state index in [2.05, 4.69) is 10.2 Å². The van der Waals surface area contributed by atoms with Gasteiger partial charge in [-0.2, -0.15) is 0 Å². The summed E-state index contributed by atoms with van der Waals surface area (Å²) >= 11 is 0. The predicted octanol–water partition coefficient (Wildman–Crippen LogP) is 0.213. The number of piperazine rings is 1. The van der Waals surface area contributed by atoms with Gasteiger partial charge in [-0.15, -0.1) is 0 Å². The third-order valence-corrected chi connectivity index (χ3v) is 4.74. The molecule has 5 rings (SSSR count). The van der Waals surface area contributed by atoms with Crippen LogP contribution in [0, 0.1) is 0 Å². The molecule has 0 saturated carbocycles. The van der Waals surface area contributed by atoms with Gasteiger partial charge in [-0.1, -0.05) is 0 Å². The summed E-state index contributed by atoms with van der Waals surface area (Å²) < 4.78 is 3.27. The van der Waals surface area contributed by atoms with Crippen molar-refractivity contribution in [2.75, 3.05) is 18.0 Å². The predicted molar refractivity (Wildman–Crippen MR) is 78.1 cm³/mol. The normalized spacial score (nSPS) is 25.6. The molecule has 5 heterocycles. The summed E-state index contributed by atoms with van der Waals surface area (Å²) in [7, 11) is 3.57. The highest BCUT2D eigenvalue weighted by atomic mass is 16.1. The van der Waals surface area contributed by atoms with Gasteiger partial charge in [0.1, 0.15) is 5.82 Å². The Morgan fingerprint density at radius 3 is 2.75 bits per heavy atom. The second kappa shape index (κ2) is 4.09. The fraction of sp³-hybridized carbons (Fsp3) is 0.571. The molecule has 0 aromatic carbocycles. The van der Waals surface area contributed by atoms with Gasteiger partial charge >= 0.3 is 5.69 Å². The monoisotopic (exact) mass is 273 g/mol. The molecule has 0 radical (unpaired) electrons. The van der Waals surface area contributed by atoms with Gasteiger partial charge in [0.05, 0.1) is 5.52 Å². The fourth-order valence-electron chi connectivity index (χ4n) is 3.51. The lowest BCUT2D eigenvalue weighted by Crippen LogP contribution is -2.61. The quantitative estimate of drug-likeness (QED) is 0.807. The summed E-state index contributed by atoms with van der Waals surface area (Å²) in [6.45, 7) is 2.06. The number of fused-ring (bicyclic) bond motifs is 4. The summed E-state index contributed by atoms with van der Waals surface area (Å²) in [4.78, 5) is 19.1. The van der Waals surface area contributed by atoms with Gasteiger partial charge in [-0.05, 0) is 25.0 Å². The molecule has 2 unspecified atom stereocenters. The molecule has 6 heteroatoms. The zero-order chi connectivity index (χ0) is 13.9. The lowest BCUT2D eigenvalue weighted by molar-refractivity contribution is 0.289. The molecule has 0 aliphatic carbocycles. The molecule has 6 nitrogen and oxygen atoms in total. The number of rotatable bonds is 1. The molecular formula is C14H19N5O. The molecule has 1 N–H and O–H groups in total. The average Bonchev–Trinajstić information content (AvgIpc) is 2.73. The highest BCUT2D eigenvalue weighted by Crippen LogP contribution is 2.27. The van der Waals surface area contributed by atoms with Crippen LogP contribution in [0.25, 0.3) is 11.2 Å². The average molecular weight is 273 g/mol. The van der Waals surface area contributed by atoms with E-state index in [1.54, 1.807) is 23.2 Å². The largest absolute Gasteiger partial charge is 0.351 e. The third-order valence-electron chi connectivity index (χ3n) is 4.74. The van der Waals surface area contributed by atoms with Crippen LogP contribution < -0.4 is 15.9 Å². The summed E-state index contributed by atoms with van der Waals surface area (Å²) in [5.41, 5.74) is 1.64. The third kappa shape index (κ3) is 1.54. The molecule has 2 bridgehead atoms. The van der Waals surface area contributed by atoms with Crippen molar-refractivity contribution in [1.29, 1.82) is 0 Å². The Labute approximate surface area is 117 Å². The number of aryl methyl sites for hydroxylation is 2. The maximum absolute atomic E-state index is 12.0. The molecule has 3 aliphatic rings. The Balaban J connectivity index is 1.81. The van der Waals surface area contributed by atoms with E-state index in [9.17, 15) is 4.79 Å². The van der Waals surface area contributed by atoms with Gasteiger partial charge in [0.25, 0.3) is 0 Å². The first-order valence-electron chi connectivity index (χ1n) is 7.17. The summed E-state index contributed by atoms with van der Waals surface area (Å²) in [6, 6.07) is 5.17. The lowest BCUT2D eigenvalue weighted by atomic mass is 9.93. The second-order valence-electron chi connectivity index (χ2n) is 5.90. The van der Waals surface area contributed by atoms with Crippen molar-refractivity contribution < 1.29 is 0 Å². The zero-order valence-corrected chi connectivity index (χ0v) is 11.8. The molecule has 3 aliphatic heterocycles. The van der Waals surface area contributed by atoms with E-state index in [4.69, 9.17) is 4.98 Å². The fourth-order valence-corrected chi connectivity index (χ4v) is 3.51. The molecule has 106 valence electrons. The Hall–Kier alpha value is -1.82. The Morgan fingerprint density at radius 1 is 1.25 bits per heavy atom. The summed E-state index contributed by atoms with van der Waals surface area (Å²) in [6.07, 6.45) is 2.48. The van der Waals surface area contributed by atoms with Gasteiger partial charge in [0, 0.05) is 39.3 Å². The number of imidazole rings is 1. The van der Waals surface area contributed by atoms with Crippen molar-refractivity contribution in [2.24, 2.45) is 14.1 Å². The van der Waals surface area contributed by atoms with Crippen molar-refractivity contribution in [2.45, 2.75) is 24.9 Å². The summed E-state index contributed by atoms with van der Waals surface area (Å²) in [5.74, 6) is 0.995. The van der Waals surface area contributed by atoms with Gasteiger partial charge in [-0.25, -0.2) is 9.78 Å². The highest BCUT2D eigenvalue weighted by molar-refractivity contribution is 5.74. The Bertz CT molecular complexity index is 723. The molecule has 20 heavy (non-hydrogen) atoms. The van der Waals surface area contributed by atoms with Gasteiger partial charge < -0.3 is 10.2 Å². The molecule has 2 aromatic heterocycles. The maximum atomic E-state index is 12.0. The van der Waals surface area contributed by atoms with Gasteiger partial charge in [0.15, 0.2) is 5.65 Å². The number of hydrogen-bond donors (Lipinski definition) is 1. The van der Waals surface area contributed by atoms with Crippen LogP contribution in [0.5, 0.6) is 0 Å². The van der Waals surface area contributed by atoms with E-state index >= 15 is 0 Å². The van der Waals surface area contributed by atoms with Crippen molar-refractivity contribution in [3.63, 3.8) is 0 Å². The molecular weight excluding hydrogens is 254 g/mol. The van der Waals surface area contributed by atoms with Crippen LogP contribution in [-0.2, 0) is 14.1 Å². The van der Waals surface area contributed by atoms with Crippen LogP contribution in [-0.4, -0.2) is 39.3 Å². The smallest absolute Gasteiger partial charge is 0.329 e. The minimum Gasteiger partial charge on any atom is -0.351 e. The second-order valence-corrected chi connectivity index (χ2v) is 5.90. The molecule has 2 aromatic rings. The van der Waals surface area contributed by atoms with E-state index in [1.165, 1.54) is 12.8 Å². The number of hydrogen-bond acceptors (Lipinski definition) is 4. The van der Waals surface area contributed by atoms with Crippen LogP contribution in [0.15, 0.2) is 16.9 Å². The van der Waals surface area contributed by atoms with E-state index in [0.717, 1.165) is 30.1 Å². The highest BCUT2D eigenvalue weighted by Gasteiger charge is 2.34. The zero-order valence-electron chi connectivity index (χ0n) is 11.8. The van der Waals surface area contributed by atoms with E-state index in [-0.39, 0.29) is 5.69 Å². The van der Waals surface area contributed by atoms with Crippen LogP contribution in [0.2, 0.25) is 0 Å².